The van der Waals surface area contributed by atoms with Gasteiger partial charge in [-0.25, -0.2) is 31.5 Å². The number of hydrogen-bond donors (Lipinski definition) is 1. The number of amides is 1. The maximum Gasteiger partial charge on any atom is 0.355 e. The molecule has 14 heteroatoms. The highest BCUT2D eigenvalue weighted by Gasteiger charge is 2.31. The van der Waals surface area contributed by atoms with Gasteiger partial charge in [0, 0.05) is 31.9 Å². The number of phenolic OH excluding ortho intramolecular Hbond substituents is 1. The molecule has 1 aliphatic rings. The smallest absolute Gasteiger partial charge is 0.355 e. The first-order chi connectivity index (χ1) is 19.8. The highest BCUT2D eigenvalue weighted by Crippen LogP contribution is 2.37. The number of anilines is 1. The highest BCUT2D eigenvalue weighted by molar-refractivity contribution is 7.90. The first kappa shape index (κ1) is 29.1. The van der Waals surface area contributed by atoms with Gasteiger partial charge in [-0.05, 0) is 43.3 Å². The zero-order chi connectivity index (χ0) is 30.5. The summed E-state index contributed by atoms with van der Waals surface area (Å²) in [4.78, 5) is 37.4. The second kappa shape index (κ2) is 10.8. The normalized spacial score (nSPS) is 15.7. The van der Waals surface area contributed by atoms with Gasteiger partial charge in [0.25, 0.3) is 0 Å². The summed E-state index contributed by atoms with van der Waals surface area (Å²) in [5.74, 6) is -2.87. The Morgan fingerprint density at radius 1 is 1.14 bits per heavy atom. The van der Waals surface area contributed by atoms with Crippen molar-refractivity contribution in [2.75, 3.05) is 30.8 Å². The van der Waals surface area contributed by atoms with Crippen LogP contribution in [0.1, 0.15) is 6.92 Å². The van der Waals surface area contributed by atoms with Crippen LogP contribution in [-0.4, -0.2) is 70.8 Å². The Hall–Kier alpha value is -4.36. The number of benzene rings is 2. The van der Waals surface area contributed by atoms with E-state index in [0.29, 0.717) is 0 Å². The highest BCUT2D eigenvalue weighted by atomic mass is 35.5. The van der Waals surface area contributed by atoms with Crippen LogP contribution < -0.4 is 10.6 Å². The number of para-hydroxylation sites is 1. The van der Waals surface area contributed by atoms with Crippen molar-refractivity contribution in [2.24, 2.45) is 0 Å². The molecule has 0 bridgehead atoms. The number of halogens is 3. The van der Waals surface area contributed by atoms with Gasteiger partial charge in [-0.15, -0.1) is 0 Å². The minimum atomic E-state index is -3.96. The standard InChI is InChI=1S/C28H24ClF2N5O5S/c1-4-22(38)34-11-12-35(15(2)14-34)26-16-13-19(31)24(23-18(30)8-6-9-20(23)37)32-27(16)36(28(39)33-26)25-17(29)7-5-10-21(25)42(3,40)41/h4-10,13,15,37H,1,11-12,14H2,2-3H3/t15-/m0/s1. The lowest BCUT2D eigenvalue weighted by Crippen LogP contribution is -2.54. The summed E-state index contributed by atoms with van der Waals surface area (Å²) in [6, 6.07) is 7.98. The number of aromatic nitrogens is 3. The van der Waals surface area contributed by atoms with Crippen LogP contribution in [0.15, 0.2) is 64.8 Å². The summed E-state index contributed by atoms with van der Waals surface area (Å²) < 4.78 is 56.9. The van der Waals surface area contributed by atoms with Gasteiger partial charge in [0.05, 0.1) is 26.6 Å². The Kier molecular flexibility index (Phi) is 7.50. The Morgan fingerprint density at radius 2 is 1.86 bits per heavy atom. The first-order valence-electron chi connectivity index (χ1n) is 12.6. The van der Waals surface area contributed by atoms with Gasteiger partial charge >= 0.3 is 5.69 Å². The van der Waals surface area contributed by atoms with Crippen LogP contribution in [0.2, 0.25) is 5.02 Å². The van der Waals surface area contributed by atoms with E-state index in [1.165, 1.54) is 30.3 Å². The van der Waals surface area contributed by atoms with Crippen molar-refractivity contribution in [1.82, 2.24) is 19.4 Å². The molecule has 1 atom stereocenters. The molecular weight excluding hydrogens is 592 g/mol. The predicted octanol–water partition coefficient (Wildman–Crippen LogP) is 3.71. The van der Waals surface area contributed by atoms with Crippen LogP contribution in [0.4, 0.5) is 14.6 Å². The topological polar surface area (TPSA) is 126 Å². The molecule has 10 nitrogen and oxygen atoms in total. The van der Waals surface area contributed by atoms with Crippen molar-refractivity contribution >= 4 is 44.2 Å². The third-order valence-corrected chi connectivity index (χ3v) is 8.42. The zero-order valence-electron chi connectivity index (χ0n) is 22.4. The molecule has 0 aliphatic carbocycles. The summed E-state index contributed by atoms with van der Waals surface area (Å²) in [6.45, 7) is 6.00. The van der Waals surface area contributed by atoms with Gasteiger partial charge in [0.15, 0.2) is 21.3 Å². The van der Waals surface area contributed by atoms with Gasteiger partial charge in [-0.3, -0.25) is 4.79 Å². The summed E-state index contributed by atoms with van der Waals surface area (Å²) in [5.41, 5.74) is -2.71. The lowest BCUT2D eigenvalue weighted by atomic mass is 10.1. The Balaban J connectivity index is 1.86. The molecule has 0 radical (unpaired) electrons. The fourth-order valence-corrected chi connectivity index (χ4v) is 6.26. The van der Waals surface area contributed by atoms with E-state index in [4.69, 9.17) is 11.6 Å². The molecule has 1 saturated heterocycles. The van der Waals surface area contributed by atoms with Gasteiger partial charge in [-0.2, -0.15) is 4.98 Å². The summed E-state index contributed by atoms with van der Waals surface area (Å²) >= 11 is 6.44. The molecule has 2 aromatic heterocycles. The monoisotopic (exact) mass is 615 g/mol. The predicted molar refractivity (Wildman–Crippen MR) is 154 cm³/mol. The summed E-state index contributed by atoms with van der Waals surface area (Å²) in [5, 5.41) is 10.2. The summed E-state index contributed by atoms with van der Waals surface area (Å²) in [6.07, 6.45) is 2.12. The number of rotatable bonds is 5. The molecule has 1 fully saturated rings. The van der Waals surface area contributed by atoms with Crippen molar-refractivity contribution in [3.63, 3.8) is 0 Å². The SMILES string of the molecule is C=CC(=O)N1CCN(c2nc(=O)n(-c3c(Cl)cccc3S(C)(=O)=O)c3nc(-c4c(O)cccc4F)c(F)cc23)[C@@H](C)C1. The van der Waals surface area contributed by atoms with Crippen LogP contribution in [0.5, 0.6) is 5.75 Å². The number of fused-ring (bicyclic) bond motifs is 1. The van der Waals surface area contributed by atoms with Crippen molar-refractivity contribution in [2.45, 2.75) is 17.9 Å². The molecular formula is C28H24ClF2N5O5S. The number of carbonyl (C=O) groups excluding carboxylic acids is 1. The van der Waals surface area contributed by atoms with E-state index < -0.39 is 44.2 Å². The Bertz CT molecular complexity index is 1930. The van der Waals surface area contributed by atoms with Gasteiger partial charge in [0.2, 0.25) is 5.91 Å². The number of aromatic hydroxyl groups is 1. The largest absolute Gasteiger partial charge is 0.507 e. The second-order valence-electron chi connectivity index (χ2n) is 9.77. The van der Waals surface area contributed by atoms with Crippen molar-refractivity contribution < 1.29 is 27.1 Å². The molecule has 218 valence electrons. The van der Waals surface area contributed by atoms with E-state index in [9.17, 15) is 27.5 Å². The number of nitrogens with zero attached hydrogens (tertiary/aromatic N) is 5. The molecule has 3 heterocycles. The quantitative estimate of drug-likeness (QED) is 0.337. The number of carbonyl (C=O) groups is 1. The van der Waals surface area contributed by atoms with Crippen molar-refractivity contribution in [3.8, 4) is 22.7 Å². The molecule has 0 spiro atoms. The van der Waals surface area contributed by atoms with Gasteiger partial charge in [0.1, 0.15) is 23.1 Å². The minimum absolute atomic E-state index is 0.0126. The third-order valence-electron chi connectivity index (χ3n) is 6.99. The molecule has 1 N–H and O–H groups in total. The molecule has 5 rings (SSSR count). The number of pyridine rings is 1. The fraction of sp³-hybridized carbons (Fsp3) is 0.214. The Morgan fingerprint density at radius 3 is 2.50 bits per heavy atom. The van der Waals surface area contributed by atoms with E-state index in [1.54, 1.807) is 16.7 Å². The maximum atomic E-state index is 15.7. The van der Waals surface area contributed by atoms with Crippen LogP contribution in [0, 0.1) is 11.6 Å². The second-order valence-corrected chi connectivity index (χ2v) is 12.2. The third kappa shape index (κ3) is 4.98. The molecule has 4 aromatic rings. The van der Waals surface area contributed by atoms with Gasteiger partial charge < -0.3 is 14.9 Å². The maximum absolute atomic E-state index is 15.7. The average molecular weight is 616 g/mol. The average Bonchev–Trinajstić information content (AvgIpc) is 2.92. The first-order valence-corrected chi connectivity index (χ1v) is 14.9. The number of hydrogen-bond acceptors (Lipinski definition) is 8. The lowest BCUT2D eigenvalue weighted by molar-refractivity contribution is -0.126. The van der Waals surface area contributed by atoms with Crippen LogP contribution in [0.3, 0.4) is 0 Å². The summed E-state index contributed by atoms with van der Waals surface area (Å²) in [7, 11) is -3.96. The molecule has 0 saturated carbocycles. The molecule has 1 aliphatic heterocycles. The molecule has 2 aromatic carbocycles. The van der Waals surface area contributed by atoms with E-state index in [1.807, 2.05) is 0 Å². The molecule has 0 unspecified atom stereocenters. The molecule has 42 heavy (non-hydrogen) atoms. The lowest BCUT2D eigenvalue weighted by Gasteiger charge is -2.40. The minimum Gasteiger partial charge on any atom is -0.507 e. The Labute approximate surface area is 244 Å². The van der Waals surface area contributed by atoms with E-state index >= 15 is 4.39 Å². The zero-order valence-corrected chi connectivity index (χ0v) is 24.0. The van der Waals surface area contributed by atoms with Crippen molar-refractivity contribution in [3.05, 3.63) is 82.3 Å². The van der Waals surface area contributed by atoms with Crippen LogP contribution >= 0.6 is 11.6 Å². The molecule has 1 amide bonds. The number of sulfone groups is 1. The van der Waals surface area contributed by atoms with Crippen molar-refractivity contribution in [1.29, 1.82) is 0 Å². The van der Waals surface area contributed by atoms with E-state index in [2.05, 4.69) is 16.5 Å². The van der Waals surface area contributed by atoms with E-state index in [-0.39, 0.29) is 64.0 Å². The fourth-order valence-electron chi connectivity index (χ4n) is 5.06. The van der Waals surface area contributed by atoms with Crippen LogP contribution in [0.25, 0.3) is 28.0 Å². The van der Waals surface area contributed by atoms with Crippen LogP contribution in [-0.2, 0) is 14.6 Å². The number of piperazine rings is 1. The van der Waals surface area contributed by atoms with E-state index in [0.717, 1.165) is 29.0 Å². The number of phenols is 1. The van der Waals surface area contributed by atoms with Gasteiger partial charge in [-0.1, -0.05) is 30.3 Å².